The van der Waals surface area contributed by atoms with Gasteiger partial charge in [-0.25, -0.2) is 9.59 Å². The van der Waals surface area contributed by atoms with E-state index in [-0.39, 0.29) is 0 Å². The van der Waals surface area contributed by atoms with Gasteiger partial charge in [0.25, 0.3) is 0 Å². The van der Waals surface area contributed by atoms with Crippen molar-refractivity contribution in [2.45, 2.75) is 39.5 Å². The molecule has 0 aromatic carbocycles. The molecule has 0 aliphatic heterocycles. The van der Waals surface area contributed by atoms with Gasteiger partial charge in [0.15, 0.2) is 0 Å². The quantitative estimate of drug-likeness (QED) is 0.293. The van der Waals surface area contributed by atoms with Gasteiger partial charge in [0.2, 0.25) is 0 Å². The second-order valence-electron chi connectivity index (χ2n) is 3.30. The molecule has 0 aliphatic rings. The highest BCUT2D eigenvalue weighted by atomic mass is 16.6. The summed E-state index contributed by atoms with van der Waals surface area (Å²) in [5.41, 5.74) is 0.473. The molecule has 0 aromatic rings. The monoisotopic (exact) mass is 210 g/mol. The van der Waals surface area contributed by atoms with Crippen LogP contribution in [0.15, 0.2) is 24.3 Å². The maximum absolute atomic E-state index is 11.2. The lowest BCUT2D eigenvalue weighted by molar-refractivity contribution is -0.153. The first-order valence-corrected chi connectivity index (χ1v) is 5.17. The summed E-state index contributed by atoms with van der Waals surface area (Å²) in [5.74, 6) is -1.29. The molecule has 0 fully saturated rings. The van der Waals surface area contributed by atoms with E-state index in [0.29, 0.717) is 5.57 Å². The zero-order chi connectivity index (χ0) is 11.7. The minimum Gasteiger partial charge on any atom is -0.386 e. The van der Waals surface area contributed by atoms with E-state index in [1.165, 1.54) is 0 Å². The van der Waals surface area contributed by atoms with Crippen LogP contribution < -0.4 is 0 Å². The van der Waals surface area contributed by atoms with Gasteiger partial charge < -0.3 is 4.74 Å². The third-order valence-corrected chi connectivity index (χ3v) is 1.94. The van der Waals surface area contributed by atoms with Crippen molar-refractivity contribution in [3.8, 4) is 0 Å². The van der Waals surface area contributed by atoms with Crippen molar-refractivity contribution in [1.82, 2.24) is 0 Å². The lowest BCUT2D eigenvalue weighted by atomic mass is 10.1. The molecular weight excluding hydrogens is 192 g/mol. The summed E-state index contributed by atoms with van der Waals surface area (Å²) < 4.78 is 4.45. The third-order valence-electron chi connectivity index (χ3n) is 1.94. The smallest absolute Gasteiger partial charge is 0.341 e. The third kappa shape index (κ3) is 6.66. The summed E-state index contributed by atoms with van der Waals surface area (Å²) in [6, 6.07) is 0. The highest BCUT2D eigenvalue weighted by molar-refractivity contribution is 5.98. The van der Waals surface area contributed by atoms with Crippen molar-refractivity contribution >= 4 is 11.9 Å². The molecule has 0 radical (unpaired) electrons. The lowest BCUT2D eigenvalue weighted by Crippen LogP contribution is -2.10. The Morgan fingerprint density at radius 1 is 1.33 bits per heavy atom. The Hall–Kier alpha value is -1.38. The van der Waals surface area contributed by atoms with E-state index >= 15 is 0 Å². The highest BCUT2D eigenvalue weighted by Gasteiger charge is 2.08. The lowest BCUT2D eigenvalue weighted by Gasteiger charge is -2.00. The first-order chi connectivity index (χ1) is 7.11. The van der Waals surface area contributed by atoms with Crippen LogP contribution in [-0.4, -0.2) is 11.9 Å². The number of rotatable bonds is 6. The van der Waals surface area contributed by atoms with Gasteiger partial charge in [-0.3, -0.25) is 0 Å². The van der Waals surface area contributed by atoms with E-state index in [0.717, 1.165) is 31.8 Å². The molecule has 0 aliphatic carbocycles. The maximum Gasteiger partial charge on any atom is 0.341 e. The second-order valence-corrected chi connectivity index (χ2v) is 3.30. The molecule has 0 atom stereocenters. The Labute approximate surface area is 90.8 Å². The number of hydrogen-bond donors (Lipinski definition) is 0. The van der Waals surface area contributed by atoms with Crippen LogP contribution in [0.3, 0.4) is 0 Å². The highest BCUT2D eigenvalue weighted by Crippen LogP contribution is 2.04. The summed E-state index contributed by atoms with van der Waals surface area (Å²) in [5, 5.41) is 0. The van der Waals surface area contributed by atoms with E-state index in [1.807, 2.05) is 0 Å². The number of hydrogen-bond acceptors (Lipinski definition) is 3. The van der Waals surface area contributed by atoms with Crippen molar-refractivity contribution in [3.05, 3.63) is 24.3 Å². The molecule has 0 saturated heterocycles. The Balaban J connectivity index is 3.96. The molecule has 84 valence electrons. The van der Waals surface area contributed by atoms with Crippen LogP contribution in [0, 0.1) is 0 Å². The molecular formula is C12H18O3. The van der Waals surface area contributed by atoms with Gasteiger partial charge in [-0.05, 0) is 19.8 Å². The zero-order valence-electron chi connectivity index (χ0n) is 9.41. The number of unbranched alkanes of at least 4 members (excludes halogenated alkanes) is 3. The molecule has 3 nitrogen and oxygen atoms in total. The summed E-state index contributed by atoms with van der Waals surface area (Å²) in [6.45, 7) is 6.98. The van der Waals surface area contributed by atoms with Crippen molar-refractivity contribution in [2.24, 2.45) is 0 Å². The van der Waals surface area contributed by atoms with Gasteiger partial charge in [-0.1, -0.05) is 32.4 Å². The zero-order valence-corrected chi connectivity index (χ0v) is 9.41. The van der Waals surface area contributed by atoms with E-state index < -0.39 is 11.9 Å². The molecule has 0 N–H and O–H groups in total. The Morgan fingerprint density at radius 3 is 2.53 bits per heavy atom. The number of ether oxygens (including phenoxy) is 1. The molecule has 0 saturated carbocycles. The van der Waals surface area contributed by atoms with Crippen LogP contribution in [-0.2, 0) is 14.3 Å². The van der Waals surface area contributed by atoms with Crippen LogP contribution in [0.25, 0.3) is 0 Å². The predicted molar refractivity (Wildman–Crippen MR) is 59.2 cm³/mol. The van der Waals surface area contributed by atoms with Crippen molar-refractivity contribution in [1.29, 1.82) is 0 Å². The average Bonchev–Trinajstić information content (AvgIpc) is 2.23. The molecule has 0 heterocycles. The second kappa shape index (κ2) is 7.97. The Bertz CT molecular complexity index is 264. The van der Waals surface area contributed by atoms with Crippen LogP contribution >= 0.6 is 0 Å². The Morgan fingerprint density at radius 2 is 2.00 bits per heavy atom. The molecule has 0 unspecified atom stereocenters. The molecule has 0 aromatic heterocycles. The van der Waals surface area contributed by atoms with E-state index in [4.69, 9.17) is 0 Å². The largest absolute Gasteiger partial charge is 0.386 e. The molecule has 0 amide bonds. The normalized spacial score (nSPS) is 10.9. The summed E-state index contributed by atoms with van der Waals surface area (Å²) >= 11 is 0. The van der Waals surface area contributed by atoms with Crippen LogP contribution in [0.5, 0.6) is 0 Å². The topological polar surface area (TPSA) is 43.4 Å². The summed E-state index contributed by atoms with van der Waals surface area (Å²) in [6.07, 6.45) is 6.96. The average molecular weight is 210 g/mol. The molecule has 0 bridgehead atoms. The van der Waals surface area contributed by atoms with Crippen LogP contribution in [0.4, 0.5) is 0 Å². The minimum atomic E-state index is -0.707. The summed E-state index contributed by atoms with van der Waals surface area (Å²) in [7, 11) is 0. The number of esters is 2. The first-order valence-electron chi connectivity index (χ1n) is 5.17. The van der Waals surface area contributed by atoms with Gasteiger partial charge in [-0.15, -0.1) is 0 Å². The van der Waals surface area contributed by atoms with Crippen molar-refractivity contribution in [3.63, 3.8) is 0 Å². The SMILES string of the molecule is C=CC(=O)OC(=O)C(C)=CCCCCC. The van der Waals surface area contributed by atoms with Crippen molar-refractivity contribution < 1.29 is 14.3 Å². The van der Waals surface area contributed by atoms with E-state index in [1.54, 1.807) is 13.0 Å². The van der Waals surface area contributed by atoms with Crippen LogP contribution in [0.2, 0.25) is 0 Å². The molecule has 3 heteroatoms. The maximum atomic E-state index is 11.2. The number of carbonyl (C=O) groups is 2. The Kier molecular flexibility index (Phi) is 7.24. The number of allylic oxidation sites excluding steroid dienone is 1. The molecule has 0 spiro atoms. The summed E-state index contributed by atoms with van der Waals surface area (Å²) in [4.78, 5) is 21.9. The van der Waals surface area contributed by atoms with E-state index in [9.17, 15) is 9.59 Å². The minimum absolute atomic E-state index is 0.473. The fourth-order valence-corrected chi connectivity index (χ4v) is 1.01. The fraction of sp³-hybridized carbons (Fsp3) is 0.500. The first kappa shape index (κ1) is 13.6. The molecule has 0 rings (SSSR count). The fourth-order valence-electron chi connectivity index (χ4n) is 1.01. The van der Waals surface area contributed by atoms with Gasteiger partial charge in [0.05, 0.1) is 0 Å². The van der Waals surface area contributed by atoms with Gasteiger partial charge in [-0.2, -0.15) is 0 Å². The molecule has 15 heavy (non-hydrogen) atoms. The van der Waals surface area contributed by atoms with Gasteiger partial charge in [0, 0.05) is 11.6 Å². The van der Waals surface area contributed by atoms with Crippen LogP contribution in [0.1, 0.15) is 39.5 Å². The number of carbonyl (C=O) groups excluding carboxylic acids is 2. The van der Waals surface area contributed by atoms with Gasteiger partial charge in [0.1, 0.15) is 0 Å². The van der Waals surface area contributed by atoms with E-state index in [2.05, 4.69) is 18.2 Å². The predicted octanol–water partition coefficient (Wildman–Crippen LogP) is 2.77. The van der Waals surface area contributed by atoms with Crippen molar-refractivity contribution in [2.75, 3.05) is 0 Å². The standard InChI is InChI=1S/C12H18O3/c1-4-6-7-8-9-10(3)12(14)15-11(13)5-2/h5,9H,2,4,6-8H2,1,3H3. The van der Waals surface area contributed by atoms with Gasteiger partial charge >= 0.3 is 11.9 Å².